The quantitative estimate of drug-likeness (QED) is 0.574. The van der Waals surface area contributed by atoms with Crippen LogP contribution in [0.25, 0.3) is 0 Å². The molecule has 0 unspecified atom stereocenters. The number of anilines is 1. The molecular weight excluding hydrogens is 376 g/mol. The number of benzene rings is 2. The van der Waals surface area contributed by atoms with Crippen molar-refractivity contribution in [2.75, 3.05) is 11.1 Å². The van der Waals surface area contributed by atoms with Crippen molar-refractivity contribution in [3.63, 3.8) is 0 Å². The van der Waals surface area contributed by atoms with Gasteiger partial charge in [-0.25, -0.2) is 0 Å². The molecule has 0 bridgehead atoms. The van der Waals surface area contributed by atoms with Crippen LogP contribution in [0, 0.1) is 6.92 Å². The molecule has 0 aliphatic heterocycles. The fraction of sp³-hybridized carbons (Fsp3) is 0.250. The van der Waals surface area contributed by atoms with Crippen LogP contribution in [0.1, 0.15) is 17.0 Å². The Labute approximate surface area is 168 Å². The van der Waals surface area contributed by atoms with E-state index in [1.165, 1.54) is 22.9 Å². The lowest BCUT2D eigenvalue weighted by Gasteiger charge is -2.06. The average Bonchev–Trinajstić information content (AvgIpc) is 3.02. The Bertz CT molecular complexity index is 879. The number of amides is 1. The number of carbonyl (C=O) groups is 1. The first-order valence-corrected chi connectivity index (χ1v) is 10.7. The fourth-order valence-electron chi connectivity index (χ4n) is 2.39. The van der Waals surface area contributed by atoms with Crippen LogP contribution in [0.5, 0.6) is 0 Å². The Morgan fingerprint density at radius 1 is 1.04 bits per heavy atom. The summed E-state index contributed by atoms with van der Waals surface area (Å²) >= 11 is 3.20. The van der Waals surface area contributed by atoms with E-state index in [-0.39, 0.29) is 5.91 Å². The van der Waals surface area contributed by atoms with E-state index in [9.17, 15) is 4.79 Å². The molecule has 0 aliphatic carbocycles. The minimum atomic E-state index is -0.0514. The minimum absolute atomic E-state index is 0.0514. The molecule has 3 aromatic rings. The summed E-state index contributed by atoms with van der Waals surface area (Å²) in [5, 5.41) is 12.1. The number of para-hydroxylation sites is 1. The largest absolute Gasteiger partial charge is 0.325 e. The number of thioether (sulfide) groups is 2. The Morgan fingerprint density at radius 2 is 1.78 bits per heavy atom. The predicted molar refractivity (Wildman–Crippen MR) is 113 cm³/mol. The van der Waals surface area contributed by atoms with Crippen LogP contribution in [0.15, 0.2) is 59.8 Å². The van der Waals surface area contributed by atoms with E-state index in [0.29, 0.717) is 5.75 Å². The van der Waals surface area contributed by atoms with Gasteiger partial charge in [0.25, 0.3) is 0 Å². The summed E-state index contributed by atoms with van der Waals surface area (Å²) < 4.78 is 1.96. The van der Waals surface area contributed by atoms with Crippen molar-refractivity contribution in [2.45, 2.75) is 23.6 Å². The first-order valence-electron chi connectivity index (χ1n) is 8.61. The summed E-state index contributed by atoms with van der Waals surface area (Å²) in [4.78, 5) is 12.1. The van der Waals surface area contributed by atoms with E-state index in [2.05, 4.69) is 46.7 Å². The van der Waals surface area contributed by atoms with Gasteiger partial charge >= 0.3 is 0 Å². The van der Waals surface area contributed by atoms with Crippen molar-refractivity contribution >= 4 is 35.1 Å². The van der Waals surface area contributed by atoms with Crippen LogP contribution >= 0.6 is 23.5 Å². The van der Waals surface area contributed by atoms with Gasteiger partial charge < -0.3 is 9.88 Å². The Morgan fingerprint density at radius 3 is 2.52 bits per heavy atom. The van der Waals surface area contributed by atoms with Gasteiger partial charge in [0.2, 0.25) is 5.91 Å². The molecule has 3 rings (SSSR count). The first kappa shape index (κ1) is 19.5. The Balaban J connectivity index is 1.46. The summed E-state index contributed by atoms with van der Waals surface area (Å²) in [7, 11) is 1.94. The summed E-state index contributed by atoms with van der Waals surface area (Å²) in [5.41, 5.74) is 3.38. The highest BCUT2D eigenvalue weighted by Gasteiger charge is 2.11. The molecule has 1 N–H and O–H groups in total. The van der Waals surface area contributed by atoms with Gasteiger partial charge in [0.15, 0.2) is 5.16 Å². The molecule has 0 radical (unpaired) electrons. The number of carbonyl (C=O) groups excluding carboxylic acids is 1. The third kappa shape index (κ3) is 5.87. The molecule has 2 aromatic carbocycles. The predicted octanol–water partition coefficient (Wildman–Crippen LogP) is 4.29. The maximum absolute atomic E-state index is 12.1. The standard InChI is InChI=1S/C20H22N4OS2/c1-15-8-10-16(11-9-15)12-26-13-18-22-23-20(24(18)2)27-14-19(25)21-17-6-4-3-5-7-17/h3-11H,12-14H2,1-2H3,(H,21,25). The van der Waals surface area contributed by atoms with E-state index in [1.54, 1.807) is 0 Å². The second-order valence-corrected chi connectivity index (χ2v) is 8.07. The summed E-state index contributed by atoms with van der Waals surface area (Å²) in [6, 6.07) is 18.0. The smallest absolute Gasteiger partial charge is 0.234 e. The molecule has 27 heavy (non-hydrogen) atoms. The lowest BCUT2D eigenvalue weighted by atomic mass is 10.2. The van der Waals surface area contributed by atoms with Gasteiger partial charge in [0, 0.05) is 18.5 Å². The molecule has 1 amide bonds. The number of hydrogen-bond acceptors (Lipinski definition) is 5. The summed E-state index contributed by atoms with van der Waals surface area (Å²) in [6.07, 6.45) is 0. The first-order chi connectivity index (χ1) is 13.1. The number of nitrogens with one attached hydrogen (secondary N) is 1. The van der Waals surface area contributed by atoms with Crippen LogP contribution in [-0.4, -0.2) is 26.4 Å². The zero-order valence-electron chi connectivity index (χ0n) is 15.4. The van der Waals surface area contributed by atoms with Crippen LogP contribution in [0.4, 0.5) is 5.69 Å². The third-order valence-electron chi connectivity index (χ3n) is 3.94. The lowest BCUT2D eigenvalue weighted by molar-refractivity contribution is -0.113. The van der Waals surface area contributed by atoms with Crippen LogP contribution < -0.4 is 5.32 Å². The number of rotatable bonds is 8. The molecule has 0 saturated heterocycles. The number of hydrogen-bond donors (Lipinski definition) is 1. The van der Waals surface area contributed by atoms with Gasteiger partial charge in [-0.15, -0.1) is 22.0 Å². The fourth-order valence-corrected chi connectivity index (χ4v) is 4.08. The van der Waals surface area contributed by atoms with Gasteiger partial charge in [-0.1, -0.05) is 59.8 Å². The van der Waals surface area contributed by atoms with Crippen molar-refractivity contribution < 1.29 is 4.79 Å². The van der Waals surface area contributed by atoms with E-state index in [0.717, 1.165) is 28.2 Å². The highest BCUT2D eigenvalue weighted by atomic mass is 32.2. The number of aryl methyl sites for hydroxylation is 1. The van der Waals surface area contributed by atoms with Gasteiger partial charge in [0.1, 0.15) is 5.82 Å². The zero-order chi connectivity index (χ0) is 19.1. The van der Waals surface area contributed by atoms with Crippen molar-refractivity contribution in [1.29, 1.82) is 0 Å². The highest BCUT2D eigenvalue weighted by Crippen LogP contribution is 2.21. The molecule has 0 spiro atoms. The summed E-state index contributed by atoms with van der Waals surface area (Å²) in [6.45, 7) is 2.09. The highest BCUT2D eigenvalue weighted by molar-refractivity contribution is 7.99. The lowest BCUT2D eigenvalue weighted by Crippen LogP contribution is -2.14. The Kier molecular flexibility index (Phi) is 6.95. The van der Waals surface area contributed by atoms with E-state index < -0.39 is 0 Å². The molecule has 5 nitrogen and oxygen atoms in total. The average molecular weight is 399 g/mol. The Hall–Kier alpha value is -2.25. The van der Waals surface area contributed by atoms with Crippen LogP contribution in [0.2, 0.25) is 0 Å². The second kappa shape index (κ2) is 9.62. The molecule has 0 aliphatic rings. The maximum atomic E-state index is 12.1. The topological polar surface area (TPSA) is 59.8 Å². The van der Waals surface area contributed by atoms with Gasteiger partial charge in [-0.05, 0) is 24.6 Å². The molecular formula is C20H22N4OS2. The van der Waals surface area contributed by atoms with Crippen LogP contribution in [-0.2, 0) is 23.3 Å². The van der Waals surface area contributed by atoms with Gasteiger partial charge in [0.05, 0.1) is 11.5 Å². The second-order valence-electron chi connectivity index (χ2n) is 6.14. The molecule has 0 atom stereocenters. The third-order valence-corrected chi connectivity index (χ3v) is 5.96. The molecule has 0 saturated carbocycles. The van der Waals surface area contributed by atoms with Gasteiger partial charge in [-0.2, -0.15) is 0 Å². The normalized spacial score (nSPS) is 10.7. The maximum Gasteiger partial charge on any atom is 0.234 e. The monoisotopic (exact) mass is 398 g/mol. The number of aromatic nitrogens is 3. The van der Waals surface area contributed by atoms with Crippen LogP contribution in [0.3, 0.4) is 0 Å². The van der Waals surface area contributed by atoms with Crippen molar-refractivity contribution in [2.24, 2.45) is 7.05 Å². The van der Waals surface area contributed by atoms with Crippen molar-refractivity contribution in [3.05, 3.63) is 71.5 Å². The molecule has 0 fully saturated rings. The SMILES string of the molecule is Cc1ccc(CSCc2nnc(SCC(=O)Nc3ccccc3)n2C)cc1. The number of nitrogens with zero attached hydrogens (tertiary/aromatic N) is 3. The van der Waals surface area contributed by atoms with E-state index in [1.807, 2.05) is 53.7 Å². The van der Waals surface area contributed by atoms with E-state index in [4.69, 9.17) is 0 Å². The molecule has 7 heteroatoms. The molecule has 1 heterocycles. The zero-order valence-corrected chi connectivity index (χ0v) is 17.0. The van der Waals surface area contributed by atoms with Crippen molar-refractivity contribution in [3.8, 4) is 0 Å². The minimum Gasteiger partial charge on any atom is -0.325 e. The molecule has 1 aromatic heterocycles. The van der Waals surface area contributed by atoms with Crippen molar-refractivity contribution in [1.82, 2.24) is 14.8 Å². The molecule has 140 valence electrons. The summed E-state index contributed by atoms with van der Waals surface area (Å²) in [5.74, 6) is 2.89. The van der Waals surface area contributed by atoms with Gasteiger partial charge in [-0.3, -0.25) is 4.79 Å². The van der Waals surface area contributed by atoms with E-state index >= 15 is 0 Å².